The molecule has 0 unspecified atom stereocenters. The Bertz CT molecular complexity index is 331. The zero-order chi connectivity index (χ0) is 11.1. The van der Waals surface area contributed by atoms with Gasteiger partial charge in [0, 0.05) is 13.0 Å². The maximum Gasteiger partial charge on any atom is 0.303 e. The number of carboxylic acids is 1. The first-order valence-corrected chi connectivity index (χ1v) is 5.52. The molecule has 0 atom stereocenters. The minimum Gasteiger partial charge on any atom is -0.481 e. The Morgan fingerprint density at radius 1 is 1.53 bits per heavy atom. The number of hydrogen-bond donors (Lipinski definition) is 2. The molecule has 0 aromatic carbocycles. The smallest absolute Gasteiger partial charge is 0.303 e. The van der Waals surface area contributed by atoms with Crippen molar-refractivity contribution in [3.8, 4) is 0 Å². The van der Waals surface area contributed by atoms with Gasteiger partial charge >= 0.3 is 5.97 Å². The van der Waals surface area contributed by atoms with E-state index in [9.17, 15) is 4.79 Å². The molecule has 2 N–H and O–H groups in total. The van der Waals surface area contributed by atoms with Crippen molar-refractivity contribution in [1.82, 2.24) is 10.3 Å². The van der Waals surface area contributed by atoms with Gasteiger partial charge in [-0.15, -0.1) is 0 Å². The van der Waals surface area contributed by atoms with E-state index in [1.807, 2.05) is 18.2 Å². The van der Waals surface area contributed by atoms with Crippen LogP contribution in [0.2, 0.25) is 0 Å². The predicted octanol–water partition coefficient (Wildman–Crippen LogP) is 1.80. The summed E-state index contributed by atoms with van der Waals surface area (Å²) in [4.78, 5) is 14.5. The molecule has 1 aromatic heterocycles. The highest BCUT2D eigenvalue weighted by atomic mass is 79.9. The van der Waals surface area contributed by atoms with Gasteiger partial charge in [0.15, 0.2) is 0 Å². The first kappa shape index (κ1) is 12.1. The van der Waals surface area contributed by atoms with Crippen LogP contribution in [0.3, 0.4) is 0 Å². The number of rotatable bonds is 6. The number of nitrogens with one attached hydrogen (secondary N) is 1. The summed E-state index contributed by atoms with van der Waals surface area (Å²) >= 11 is 3.29. The van der Waals surface area contributed by atoms with Crippen LogP contribution in [0.1, 0.15) is 18.5 Å². The second kappa shape index (κ2) is 6.53. The molecular formula is C10H13BrN2O2. The van der Waals surface area contributed by atoms with Crippen LogP contribution < -0.4 is 5.32 Å². The Morgan fingerprint density at radius 3 is 3.00 bits per heavy atom. The van der Waals surface area contributed by atoms with E-state index in [0.29, 0.717) is 19.5 Å². The molecule has 15 heavy (non-hydrogen) atoms. The van der Waals surface area contributed by atoms with E-state index < -0.39 is 5.97 Å². The highest BCUT2D eigenvalue weighted by Crippen LogP contribution is 2.05. The van der Waals surface area contributed by atoms with E-state index in [1.165, 1.54) is 0 Å². The molecular weight excluding hydrogens is 260 g/mol. The fraction of sp³-hybridized carbons (Fsp3) is 0.400. The van der Waals surface area contributed by atoms with Crippen molar-refractivity contribution < 1.29 is 9.90 Å². The summed E-state index contributed by atoms with van der Waals surface area (Å²) in [6, 6.07) is 5.72. The average molecular weight is 273 g/mol. The average Bonchev–Trinajstić information content (AvgIpc) is 2.17. The van der Waals surface area contributed by atoms with Gasteiger partial charge in [-0.05, 0) is 41.0 Å². The van der Waals surface area contributed by atoms with Crippen molar-refractivity contribution >= 4 is 21.9 Å². The Kier molecular flexibility index (Phi) is 5.28. The van der Waals surface area contributed by atoms with Crippen LogP contribution in [0, 0.1) is 0 Å². The topological polar surface area (TPSA) is 62.2 Å². The van der Waals surface area contributed by atoms with E-state index in [0.717, 1.165) is 10.3 Å². The summed E-state index contributed by atoms with van der Waals surface area (Å²) < 4.78 is 0.812. The number of halogens is 1. The van der Waals surface area contributed by atoms with Crippen molar-refractivity contribution in [2.24, 2.45) is 0 Å². The Balaban J connectivity index is 2.17. The number of carboxylic acid groups (broad SMARTS) is 1. The van der Waals surface area contributed by atoms with Gasteiger partial charge in [-0.1, -0.05) is 6.07 Å². The SMILES string of the molecule is O=C(O)CCCNCc1cccc(Br)n1. The molecule has 0 spiro atoms. The number of aromatic nitrogens is 1. The maximum atomic E-state index is 10.2. The molecule has 4 nitrogen and oxygen atoms in total. The number of aliphatic carboxylic acids is 1. The lowest BCUT2D eigenvalue weighted by Gasteiger charge is -2.03. The third-order valence-corrected chi connectivity index (χ3v) is 2.26. The molecule has 0 aliphatic heterocycles. The van der Waals surface area contributed by atoms with Gasteiger partial charge in [0.2, 0.25) is 0 Å². The molecule has 0 radical (unpaired) electrons. The fourth-order valence-corrected chi connectivity index (χ4v) is 1.51. The lowest BCUT2D eigenvalue weighted by atomic mass is 10.3. The summed E-state index contributed by atoms with van der Waals surface area (Å²) in [5, 5.41) is 11.6. The second-order valence-electron chi connectivity index (χ2n) is 3.13. The molecule has 5 heteroatoms. The van der Waals surface area contributed by atoms with Crippen LogP contribution in [-0.4, -0.2) is 22.6 Å². The third kappa shape index (κ3) is 5.49. The lowest BCUT2D eigenvalue weighted by molar-refractivity contribution is -0.137. The number of carbonyl (C=O) groups is 1. The van der Waals surface area contributed by atoms with Gasteiger partial charge < -0.3 is 10.4 Å². The number of hydrogen-bond acceptors (Lipinski definition) is 3. The van der Waals surface area contributed by atoms with Crippen molar-refractivity contribution in [2.45, 2.75) is 19.4 Å². The van der Waals surface area contributed by atoms with Gasteiger partial charge in [-0.2, -0.15) is 0 Å². The molecule has 0 saturated heterocycles. The highest BCUT2D eigenvalue weighted by Gasteiger charge is 1.97. The normalized spacial score (nSPS) is 10.2. The van der Waals surface area contributed by atoms with Gasteiger partial charge in [0.05, 0.1) is 5.69 Å². The summed E-state index contributed by atoms with van der Waals surface area (Å²) in [7, 11) is 0. The van der Waals surface area contributed by atoms with Crippen LogP contribution in [-0.2, 0) is 11.3 Å². The van der Waals surface area contributed by atoms with Crippen molar-refractivity contribution in [3.63, 3.8) is 0 Å². The zero-order valence-corrected chi connectivity index (χ0v) is 9.83. The van der Waals surface area contributed by atoms with Crippen LogP contribution >= 0.6 is 15.9 Å². The summed E-state index contributed by atoms with van der Waals surface area (Å²) in [6.07, 6.45) is 0.849. The van der Waals surface area contributed by atoms with Crippen molar-refractivity contribution in [3.05, 3.63) is 28.5 Å². The Morgan fingerprint density at radius 2 is 2.33 bits per heavy atom. The van der Waals surface area contributed by atoms with E-state index in [1.54, 1.807) is 0 Å². The monoisotopic (exact) mass is 272 g/mol. The van der Waals surface area contributed by atoms with Crippen LogP contribution in [0.25, 0.3) is 0 Å². The molecule has 82 valence electrons. The minimum absolute atomic E-state index is 0.207. The molecule has 1 heterocycles. The molecule has 1 rings (SSSR count). The van der Waals surface area contributed by atoms with Gasteiger partial charge in [-0.25, -0.2) is 4.98 Å². The van der Waals surface area contributed by atoms with Crippen LogP contribution in [0.5, 0.6) is 0 Å². The first-order chi connectivity index (χ1) is 7.18. The van der Waals surface area contributed by atoms with Gasteiger partial charge in [0.25, 0.3) is 0 Å². The lowest BCUT2D eigenvalue weighted by Crippen LogP contribution is -2.16. The Labute approximate surface area is 96.8 Å². The molecule has 0 bridgehead atoms. The van der Waals surface area contributed by atoms with E-state index in [-0.39, 0.29) is 6.42 Å². The largest absolute Gasteiger partial charge is 0.481 e. The van der Waals surface area contributed by atoms with Gasteiger partial charge in [0.1, 0.15) is 4.60 Å². The van der Waals surface area contributed by atoms with E-state index in [2.05, 4.69) is 26.2 Å². The summed E-state index contributed by atoms with van der Waals surface area (Å²) in [6.45, 7) is 1.36. The van der Waals surface area contributed by atoms with E-state index >= 15 is 0 Å². The molecule has 0 amide bonds. The number of pyridine rings is 1. The quantitative estimate of drug-likeness (QED) is 0.613. The van der Waals surface area contributed by atoms with E-state index in [4.69, 9.17) is 5.11 Å². The van der Waals surface area contributed by atoms with Crippen LogP contribution in [0.15, 0.2) is 22.8 Å². The van der Waals surface area contributed by atoms with Gasteiger partial charge in [-0.3, -0.25) is 4.79 Å². The molecule has 1 aromatic rings. The summed E-state index contributed by atoms with van der Waals surface area (Å²) in [5.41, 5.74) is 0.944. The van der Waals surface area contributed by atoms with Crippen LogP contribution in [0.4, 0.5) is 0 Å². The minimum atomic E-state index is -0.752. The van der Waals surface area contributed by atoms with Crippen molar-refractivity contribution in [2.75, 3.05) is 6.54 Å². The third-order valence-electron chi connectivity index (χ3n) is 1.82. The maximum absolute atomic E-state index is 10.2. The van der Waals surface area contributed by atoms with Crippen molar-refractivity contribution in [1.29, 1.82) is 0 Å². The number of nitrogens with zero attached hydrogens (tertiary/aromatic N) is 1. The standard InChI is InChI=1S/C10H13BrN2O2/c11-9-4-1-3-8(13-9)7-12-6-2-5-10(14)15/h1,3-4,12H,2,5-7H2,(H,14,15). The highest BCUT2D eigenvalue weighted by molar-refractivity contribution is 9.10. The fourth-order valence-electron chi connectivity index (χ4n) is 1.13. The zero-order valence-electron chi connectivity index (χ0n) is 8.24. The predicted molar refractivity (Wildman–Crippen MR) is 60.5 cm³/mol. The molecule has 0 aliphatic carbocycles. The first-order valence-electron chi connectivity index (χ1n) is 4.72. The summed E-state index contributed by atoms with van der Waals surface area (Å²) in [5.74, 6) is -0.752. The molecule has 0 fully saturated rings. The second-order valence-corrected chi connectivity index (χ2v) is 3.94. The Hall–Kier alpha value is -0.940. The molecule has 0 saturated carbocycles. The molecule has 0 aliphatic rings.